The van der Waals surface area contributed by atoms with Gasteiger partial charge in [-0.05, 0) is 11.6 Å². The summed E-state index contributed by atoms with van der Waals surface area (Å²) < 4.78 is 11.3. The number of rotatable bonds is 4. The molecule has 1 aliphatic rings. The lowest BCUT2D eigenvalue weighted by Gasteiger charge is -2.11. The molecule has 0 amide bonds. The lowest BCUT2D eigenvalue weighted by Crippen LogP contribution is -2.22. The first-order valence-electron chi connectivity index (χ1n) is 5.91. The summed E-state index contributed by atoms with van der Waals surface area (Å²) in [6, 6.07) is 9.46. The molecule has 0 spiro atoms. The van der Waals surface area contributed by atoms with Crippen molar-refractivity contribution in [2.24, 2.45) is 0 Å². The molecule has 5 heteroatoms. The van der Waals surface area contributed by atoms with Gasteiger partial charge >= 0.3 is 5.97 Å². The zero-order chi connectivity index (χ0) is 13.2. The van der Waals surface area contributed by atoms with Gasteiger partial charge in [0.2, 0.25) is 0 Å². The summed E-state index contributed by atoms with van der Waals surface area (Å²) in [5.41, 5.74) is 1.19. The van der Waals surface area contributed by atoms with Crippen molar-refractivity contribution in [1.29, 1.82) is 0 Å². The number of aromatic carboxylic acids is 1. The fourth-order valence-corrected chi connectivity index (χ4v) is 2.71. The minimum atomic E-state index is -0.927. The van der Waals surface area contributed by atoms with Gasteiger partial charge in [-0.15, -0.1) is 11.3 Å². The average molecular weight is 276 g/mol. The fourth-order valence-electron chi connectivity index (χ4n) is 2.04. The van der Waals surface area contributed by atoms with Gasteiger partial charge in [0, 0.05) is 17.9 Å². The first-order valence-corrected chi connectivity index (χ1v) is 6.79. The number of hydrogen-bond donors (Lipinski definition) is 1. The van der Waals surface area contributed by atoms with Gasteiger partial charge in [0.1, 0.15) is 29.1 Å². The SMILES string of the molecule is O=C(O)c1cc(OCC2Cc3ccccc3O2)cs1. The Kier molecular flexibility index (Phi) is 3.13. The van der Waals surface area contributed by atoms with Crippen LogP contribution in [0.15, 0.2) is 35.7 Å². The van der Waals surface area contributed by atoms with Crippen LogP contribution in [0.2, 0.25) is 0 Å². The molecular weight excluding hydrogens is 264 g/mol. The second kappa shape index (κ2) is 4.93. The third kappa shape index (κ3) is 2.56. The Bertz CT molecular complexity index is 580. The van der Waals surface area contributed by atoms with Gasteiger partial charge in [-0.1, -0.05) is 18.2 Å². The van der Waals surface area contributed by atoms with E-state index in [0.717, 1.165) is 23.5 Å². The maximum atomic E-state index is 10.8. The summed E-state index contributed by atoms with van der Waals surface area (Å²) >= 11 is 1.16. The maximum absolute atomic E-state index is 10.8. The topological polar surface area (TPSA) is 55.8 Å². The second-order valence-electron chi connectivity index (χ2n) is 4.31. The molecule has 0 saturated carbocycles. The van der Waals surface area contributed by atoms with Crippen LogP contribution in [0.1, 0.15) is 15.2 Å². The molecule has 1 N–H and O–H groups in total. The lowest BCUT2D eigenvalue weighted by molar-refractivity contribution is 0.0701. The minimum absolute atomic E-state index is 0.00872. The van der Waals surface area contributed by atoms with Crippen molar-refractivity contribution in [3.8, 4) is 11.5 Å². The molecule has 19 heavy (non-hydrogen) atoms. The van der Waals surface area contributed by atoms with Crippen LogP contribution in [0.3, 0.4) is 0 Å². The van der Waals surface area contributed by atoms with Crippen molar-refractivity contribution in [3.05, 3.63) is 46.2 Å². The van der Waals surface area contributed by atoms with Gasteiger partial charge in [0.15, 0.2) is 0 Å². The standard InChI is InChI=1S/C14H12O4S/c15-14(16)13-6-11(8-19-13)17-7-10-5-9-3-1-2-4-12(9)18-10/h1-4,6,8,10H,5,7H2,(H,15,16). The molecule has 0 aliphatic carbocycles. The summed E-state index contributed by atoms with van der Waals surface area (Å²) in [7, 11) is 0. The van der Waals surface area contributed by atoms with E-state index in [0.29, 0.717) is 12.4 Å². The number of carbonyl (C=O) groups is 1. The molecule has 3 rings (SSSR count). The van der Waals surface area contributed by atoms with E-state index in [2.05, 4.69) is 0 Å². The second-order valence-corrected chi connectivity index (χ2v) is 5.23. The number of fused-ring (bicyclic) bond motifs is 1. The highest BCUT2D eigenvalue weighted by Gasteiger charge is 2.23. The average Bonchev–Trinajstić information content (AvgIpc) is 3.02. The number of carboxylic acids is 1. The van der Waals surface area contributed by atoms with Crippen LogP contribution in [0.4, 0.5) is 0 Å². The van der Waals surface area contributed by atoms with Gasteiger partial charge in [-0.25, -0.2) is 4.79 Å². The quantitative estimate of drug-likeness (QED) is 0.933. The summed E-state index contributed by atoms with van der Waals surface area (Å²) in [5.74, 6) is 0.568. The fraction of sp³-hybridized carbons (Fsp3) is 0.214. The van der Waals surface area contributed by atoms with Gasteiger partial charge < -0.3 is 14.6 Å². The number of benzene rings is 1. The van der Waals surface area contributed by atoms with E-state index < -0.39 is 5.97 Å². The predicted octanol–water partition coefficient (Wildman–Crippen LogP) is 2.83. The molecule has 98 valence electrons. The molecule has 1 unspecified atom stereocenters. The molecule has 2 aromatic rings. The normalized spacial score (nSPS) is 16.7. The summed E-state index contributed by atoms with van der Waals surface area (Å²) in [6.07, 6.45) is 0.817. The van der Waals surface area contributed by atoms with Crippen LogP contribution < -0.4 is 9.47 Å². The van der Waals surface area contributed by atoms with Crippen molar-refractivity contribution < 1.29 is 19.4 Å². The van der Waals surface area contributed by atoms with Crippen molar-refractivity contribution in [3.63, 3.8) is 0 Å². The van der Waals surface area contributed by atoms with E-state index in [1.54, 1.807) is 5.38 Å². The molecule has 4 nitrogen and oxygen atoms in total. The number of hydrogen-bond acceptors (Lipinski definition) is 4. The molecule has 1 aliphatic heterocycles. The van der Waals surface area contributed by atoms with Crippen LogP contribution >= 0.6 is 11.3 Å². The Morgan fingerprint density at radius 1 is 1.47 bits per heavy atom. The van der Waals surface area contributed by atoms with E-state index in [1.165, 1.54) is 11.6 Å². The maximum Gasteiger partial charge on any atom is 0.346 e. The molecule has 0 saturated heterocycles. The van der Waals surface area contributed by atoms with E-state index >= 15 is 0 Å². The number of thiophene rings is 1. The monoisotopic (exact) mass is 276 g/mol. The first-order chi connectivity index (χ1) is 9.22. The summed E-state index contributed by atoms with van der Waals surface area (Å²) in [4.78, 5) is 11.0. The number of para-hydroxylation sites is 1. The van der Waals surface area contributed by atoms with E-state index in [9.17, 15) is 4.79 Å². The van der Waals surface area contributed by atoms with Crippen molar-refractivity contribution in [1.82, 2.24) is 0 Å². The van der Waals surface area contributed by atoms with Gasteiger partial charge in [-0.2, -0.15) is 0 Å². The molecule has 0 radical (unpaired) electrons. The smallest absolute Gasteiger partial charge is 0.346 e. The van der Waals surface area contributed by atoms with Crippen molar-refractivity contribution in [2.75, 3.05) is 6.61 Å². The van der Waals surface area contributed by atoms with Crippen LogP contribution in [0.5, 0.6) is 11.5 Å². The molecule has 0 bridgehead atoms. The van der Waals surface area contributed by atoms with Gasteiger partial charge in [0.25, 0.3) is 0 Å². The Labute approximate surface area is 114 Å². The molecule has 1 atom stereocenters. The third-order valence-corrected chi connectivity index (χ3v) is 3.83. The summed E-state index contributed by atoms with van der Waals surface area (Å²) in [5, 5.41) is 10.5. The molecule has 2 heterocycles. The molecule has 1 aromatic carbocycles. The number of ether oxygens (including phenoxy) is 2. The highest BCUT2D eigenvalue weighted by Crippen LogP contribution is 2.29. The van der Waals surface area contributed by atoms with Gasteiger partial charge in [0.05, 0.1) is 0 Å². The van der Waals surface area contributed by atoms with Crippen LogP contribution in [-0.2, 0) is 6.42 Å². The van der Waals surface area contributed by atoms with Crippen LogP contribution in [0, 0.1) is 0 Å². The Balaban J connectivity index is 1.58. The first kappa shape index (κ1) is 12.0. The van der Waals surface area contributed by atoms with Crippen molar-refractivity contribution >= 4 is 17.3 Å². The largest absolute Gasteiger partial charge is 0.489 e. The third-order valence-electron chi connectivity index (χ3n) is 2.94. The Morgan fingerprint density at radius 2 is 2.32 bits per heavy atom. The van der Waals surface area contributed by atoms with Crippen LogP contribution in [-0.4, -0.2) is 23.8 Å². The Morgan fingerprint density at radius 3 is 3.05 bits per heavy atom. The lowest BCUT2D eigenvalue weighted by atomic mass is 10.1. The van der Waals surface area contributed by atoms with E-state index in [4.69, 9.17) is 14.6 Å². The molecular formula is C14H12O4S. The highest BCUT2D eigenvalue weighted by molar-refractivity contribution is 7.12. The van der Waals surface area contributed by atoms with Crippen LogP contribution in [0.25, 0.3) is 0 Å². The minimum Gasteiger partial charge on any atom is -0.489 e. The van der Waals surface area contributed by atoms with Crippen molar-refractivity contribution in [2.45, 2.75) is 12.5 Å². The van der Waals surface area contributed by atoms with E-state index in [-0.39, 0.29) is 11.0 Å². The highest BCUT2D eigenvalue weighted by atomic mass is 32.1. The molecule has 0 fully saturated rings. The Hall–Kier alpha value is -2.01. The summed E-state index contributed by atoms with van der Waals surface area (Å²) in [6.45, 7) is 0.421. The number of carboxylic acid groups (broad SMARTS) is 1. The van der Waals surface area contributed by atoms with E-state index in [1.807, 2.05) is 24.3 Å². The predicted molar refractivity (Wildman–Crippen MR) is 71.3 cm³/mol. The van der Waals surface area contributed by atoms with Gasteiger partial charge in [-0.3, -0.25) is 0 Å². The molecule has 1 aromatic heterocycles. The zero-order valence-corrected chi connectivity index (χ0v) is 10.9. The zero-order valence-electron chi connectivity index (χ0n) is 10.0.